The monoisotopic (exact) mass is 508 g/mol. The Balaban J connectivity index is 1.96. The van der Waals surface area contributed by atoms with E-state index in [1.54, 1.807) is 26.0 Å². The first-order valence-electron chi connectivity index (χ1n) is 11.2. The van der Waals surface area contributed by atoms with E-state index in [9.17, 15) is 29.1 Å². The Labute approximate surface area is 205 Å². The molecule has 0 saturated carbocycles. The van der Waals surface area contributed by atoms with Crippen molar-refractivity contribution in [2.45, 2.75) is 43.0 Å². The predicted molar refractivity (Wildman–Crippen MR) is 129 cm³/mol. The summed E-state index contributed by atoms with van der Waals surface area (Å²) in [7, 11) is -0.0134. The van der Waals surface area contributed by atoms with Crippen molar-refractivity contribution in [2.24, 2.45) is 0 Å². The zero-order valence-electron chi connectivity index (χ0n) is 20.3. The molecule has 12 heteroatoms. The number of ether oxygens (including phenoxy) is 1. The van der Waals surface area contributed by atoms with Gasteiger partial charge in [-0.1, -0.05) is 30.3 Å². The van der Waals surface area contributed by atoms with Crippen molar-refractivity contribution in [3.63, 3.8) is 0 Å². The average molecular weight is 509 g/mol. The van der Waals surface area contributed by atoms with E-state index in [1.807, 2.05) is 18.2 Å². The van der Waals surface area contributed by atoms with Crippen LogP contribution in [-0.2, 0) is 30.5 Å². The van der Waals surface area contributed by atoms with Crippen LogP contribution in [0.3, 0.4) is 0 Å². The van der Waals surface area contributed by atoms with E-state index < -0.39 is 68.2 Å². The van der Waals surface area contributed by atoms with Crippen LogP contribution in [0.5, 0.6) is 0 Å². The minimum absolute atomic E-state index is 0.00613. The second-order valence-electron chi connectivity index (χ2n) is 8.95. The van der Waals surface area contributed by atoms with Gasteiger partial charge in [0, 0.05) is 18.8 Å². The summed E-state index contributed by atoms with van der Waals surface area (Å²) in [4.78, 5) is 66.6. The van der Waals surface area contributed by atoms with Gasteiger partial charge in [-0.3, -0.25) is 19.2 Å². The Morgan fingerprint density at radius 1 is 1.11 bits per heavy atom. The van der Waals surface area contributed by atoms with Crippen LogP contribution in [0.25, 0.3) is 0 Å². The lowest BCUT2D eigenvalue weighted by molar-refractivity contribution is -0.162. The number of fused-ring (bicyclic) bond motifs is 1. The molecular weight excluding hydrogens is 476 g/mol. The van der Waals surface area contributed by atoms with Gasteiger partial charge in [-0.05, 0) is 19.4 Å². The molecule has 2 aliphatic rings. The molecule has 2 saturated heterocycles. The highest BCUT2D eigenvalue weighted by molar-refractivity contribution is 8.46. The van der Waals surface area contributed by atoms with Crippen LogP contribution in [0.15, 0.2) is 30.3 Å². The van der Waals surface area contributed by atoms with Crippen LogP contribution < -0.4 is 10.6 Å². The van der Waals surface area contributed by atoms with E-state index in [4.69, 9.17) is 4.74 Å². The third-order valence-corrected chi connectivity index (χ3v) is 11.4. The molecule has 1 aromatic rings. The molecule has 0 bridgehead atoms. The minimum atomic E-state index is -2.83. The number of nitrogens with zero attached hydrogens (tertiary/aromatic N) is 2. The first-order chi connectivity index (χ1) is 16.5. The maximum absolute atomic E-state index is 14.0. The van der Waals surface area contributed by atoms with Gasteiger partial charge in [-0.25, -0.2) is 4.79 Å². The van der Waals surface area contributed by atoms with Crippen molar-refractivity contribution in [3.05, 3.63) is 35.9 Å². The van der Waals surface area contributed by atoms with Crippen molar-refractivity contribution < 1.29 is 33.8 Å². The molecule has 0 aromatic heterocycles. The van der Waals surface area contributed by atoms with Crippen LogP contribution in [0, 0.1) is 0 Å². The van der Waals surface area contributed by atoms with Crippen LogP contribution in [0.1, 0.15) is 25.8 Å². The quantitative estimate of drug-likeness (QED) is 0.334. The molecule has 0 aliphatic carbocycles. The van der Waals surface area contributed by atoms with Crippen molar-refractivity contribution in [2.75, 3.05) is 33.1 Å². The Morgan fingerprint density at radius 3 is 2.17 bits per heavy atom. The number of β-lactam (4-membered cyclic amide) rings is 1. The third kappa shape index (κ3) is 4.47. The zero-order chi connectivity index (χ0) is 26.0. The van der Waals surface area contributed by atoms with Gasteiger partial charge in [0.2, 0.25) is 17.7 Å². The molecule has 0 spiro atoms. The third-order valence-electron chi connectivity index (χ3n) is 6.73. The van der Waals surface area contributed by atoms with E-state index in [1.165, 1.54) is 19.0 Å². The molecule has 0 unspecified atom stereocenters. The SMILES string of the molecule is CNC(=O)CN(CC(=O)NC)C(=O)[S@]1(CO)[C@@H]2CC(=O)N2[C@@H](C(=O)OCc2ccccc2)C1(C)C. The average Bonchev–Trinajstić information content (AvgIpc) is 3.01. The Morgan fingerprint density at radius 2 is 1.69 bits per heavy atom. The summed E-state index contributed by atoms with van der Waals surface area (Å²) in [6.07, 6.45) is -0.0126. The molecule has 192 valence electrons. The molecule has 35 heavy (non-hydrogen) atoms. The van der Waals surface area contributed by atoms with E-state index >= 15 is 0 Å². The number of hydrogen-bond acceptors (Lipinski definition) is 7. The lowest BCUT2D eigenvalue weighted by Gasteiger charge is -2.50. The summed E-state index contributed by atoms with van der Waals surface area (Å²) in [5.41, 5.74) is 0.766. The molecule has 2 fully saturated rings. The fourth-order valence-electron chi connectivity index (χ4n) is 4.71. The van der Waals surface area contributed by atoms with Crippen LogP contribution in [-0.4, -0.2) is 93.1 Å². The topological polar surface area (TPSA) is 145 Å². The molecule has 2 heterocycles. The van der Waals surface area contributed by atoms with Crippen molar-refractivity contribution in [1.29, 1.82) is 0 Å². The normalized spacial score (nSPS) is 24.1. The van der Waals surface area contributed by atoms with E-state index in [0.29, 0.717) is 0 Å². The summed E-state index contributed by atoms with van der Waals surface area (Å²) in [6, 6.07) is 7.96. The number of carbonyl (C=O) groups is 5. The Bertz CT molecular complexity index is 1000. The Hall–Kier alpha value is -3.12. The summed E-state index contributed by atoms with van der Waals surface area (Å²) in [6.45, 7) is 2.51. The molecular formula is C23H32N4O7S. The van der Waals surface area contributed by atoms with Gasteiger partial charge in [0.15, 0.2) is 0 Å². The second-order valence-corrected chi connectivity index (χ2v) is 12.7. The van der Waals surface area contributed by atoms with Crippen LogP contribution >= 0.6 is 10.0 Å². The largest absolute Gasteiger partial charge is 0.459 e. The molecule has 0 radical (unpaired) electrons. The van der Waals surface area contributed by atoms with E-state index in [0.717, 1.165) is 10.5 Å². The number of nitrogens with one attached hydrogen (secondary N) is 2. The number of amides is 4. The number of benzene rings is 1. The van der Waals surface area contributed by atoms with Crippen LogP contribution in [0.4, 0.5) is 4.79 Å². The maximum Gasteiger partial charge on any atom is 0.330 e. The first kappa shape index (κ1) is 26.5. The van der Waals surface area contributed by atoms with Gasteiger partial charge in [0.25, 0.3) is 5.24 Å². The Kier molecular flexibility index (Phi) is 7.75. The van der Waals surface area contributed by atoms with Gasteiger partial charge < -0.3 is 30.3 Å². The summed E-state index contributed by atoms with van der Waals surface area (Å²) in [5, 5.41) is 14.2. The van der Waals surface area contributed by atoms with E-state index in [2.05, 4.69) is 10.6 Å². The number of hydrogen-bond donors (Lipinski definition) is 3. The number of likely N-dealkylation sites (N-methyl/N-ethyl adjacent to an activating group) is 2. The number of rotatable bonds is 8. The van der Waals surface area contributed by atoms with Gasteiger partial charge in [0.05, 0.1) is 17.7 Å². The predicted octanol–water partition coefficient (Wildman–Crippen LogP) is 0.117. The summed E-state index contributed by atoms with van der Waals surface area (Å²) >= 11 is 0. The summed E-state index contributed by atoms with van der Waals surface area (Å²) < 4.78 is 4.35. The lowest BCUT2D eigenvalue weighted by Crippen LogP contribution is -2.57. The minimum Gasteiger partial charge on any atom is -0.459 e. The maximum atomic E-state index is 14.0. The fourth-order valence-corrected chi connectivity index (χ4v) is 8.96. The van der Waals surface area contributed by atoms with Crippen molar-refractivity contribution >= 4 is 39.0 Å². The molecule has 3 N–H and O–H groups in total. The summed E-state index contributed by atoms with van der Waals surface area (Å²) in [5.74, 6) is -2.58. The van der Waals surface area contributed by atoms with Crippen molar-refractivity contribution in [1.82, 2.24) is 20.4 Å². The number of carbonyl (C=O) groups excluding carboxylic acids is 5. The molecule has 11 nitrogen and oxygen atoms in total. The second kappa shape index (κ2) is 10.2. The van der Waals surface area contributed by atoms with Gasteiger partial charge in [0.1, 0.15) is 25.7 Å². The molecule has 4 amide bonds. The lowest BCUT2D eigenvalue weighted by atomic mass is 9.98. The molecule has 3 rings (SSSR count). The fraction of sp³-hybridized carbons (Fsp3) is 0.522. The van der Waals surface area contributed by atoms with Gasteiger partial charge >= 0.3 is 5.97 Å². The standard InChI is InChI=1S/C23H32N4O7S/c1-23(2)20(21(32)34-13-15-8-6-5-7-9-15)27-18(31)10-19(27)35(23,14-28)22(33)26(11-16(29)24-3)12-17(30)25-4/h5-9,19-20,28H,10-14H2,1-4H3,(H,24,29)(H,25,30)/t19-,20+/m1/s1. The first-order valence-corrected chi connectivity index (χ1v) is 13.0. The molecule has 1 aromatic carbocycles. The molecule has 3 atom stereocenters. The highest BCUT2D eigenvalue weighted by Crippen LogP contribution is 2.74. The van der Waals surface area contributed by atoms with E-state index in [-0.39, 0.29) is 18.9 Å². The highest BCUT2D eigenvalue weighted by atomic mass is 32.3. The smallest absolute Gasteiger partial charge is 0.330 e. The van der Waals surface area contributed by atoms with Gasteiger partial charge in [-0.15, -0.1) is 10.0 Å². The zero-order valence-corrected chi connectivity index (χ0v) is 21.1. The number of aliphatic hydroxyl groups is 1. The van der Waals surface area contributed by atoms with Crippen LogP contribution in [0.2, 0.25) is 0 Å². The number of esters is 1. The highest BCUT2D eigenvalue weighted by Gasteiger charge is 2.72. The van der Waals surface area contributed by atoms with Gasteiger partial charge in [-0.2, -0.15) is 0 Å². The number of aliphatic hydroxyl groups excluding tert-OH is 1. The van der Waals surface area contributed by atoms with Crippen molar-refractivity contribution in [3.8, 4) is 0 Å². The molecule has 2 aliphatic heterocycles.